The standard InChI is InChI=1S/C28H32O15/c1-39-14-7-15-18(22(34)19(14)27-25(37)23(35)20(32)16(8-29)42-27)12(31)6-13(41-15)10-2-4-11(5-3-10)40-28-26(38)24(36)21(33)17(9-30)43-28/h2-7,16-17,20-21,23-30,32-38H,8-9H2,1H3/t16-,17-,20-,21-,23+,24+,25-,26-,27+,28-/m0/s1. The van der Waals surface area contributed by atoms with E-state index in [9.17, 15) is 50.8 Å². The van der Waals surface area contributed by atoms with Crippen molar-refractivity contribution in [1.29, 1.82) is 0 Å². The number of aromatic hydroxyl groups is 1. The molecule has 10 atom stereocenters. The van der Waals surface area contributed by atoms with E-state index in [4.69, 9.17) is 23.4 Å². The number of phenolic OH excluding ortho intramolecular Hbond substituents is 1. The molecule has 1 aromatic heterocycles. The lowest BCUT2D eigenvalue weighted by molar-refractivity contribution is -0.277. The minimum absolute atomic E-state index is 0.0714. The summed E-state index contributed by atoms with van der Waals surface area (Å²) in [6.07, 6.45) is -15.2. The Balaban J connectivity index is 1.45. The van der Waals surface area contributed by atoms with E-state index >= 15 is 0 Å². The van der Waals surface area contributed by atoms with Crippen LogP contribution < -0.4 is 14.9 Å². The summed E-state index contributed by atoms with van der Waals surface area (Å²) in [6.45, 7) is -1.31. The van der Waals surface area contributed by atoms with Crippen molar-refractivity contribution in [2.75, 3.05) is 20.3 Å². The van der Waals surface area contributed by atoms with E-state index in [-0.39, 0.29) is 33.8 Å². The molecule has 3 aromatic rings. The molecule has 15 nitrogen and oxygen atoms in total. The predicted molar refractivity (Wildman–Crippen MR) is 143 cm³/mol. The number of hydrogen-bond acceptors (Lipinski definition) is 15. The molecule has 5 rings (SSSR count). The topological polar surface area (TPSA) is 249 Å². The zero-order chi connectivity index (χ0) is 31.2. The maximum absolute atomic E-state index is 13.2. The van der Waals surface area contributed by atoms with E-state index in [0.717, 1.165) is 6.07 Å². The summed E-state index contributed by atoms with van der Waals surface area (Å²) in [6, 6.07) is 8.35. The number of methoxy groups -OCH3 is 1. The first-order valence-electron chi connectivity index (χ1n) is 13.3. The molecule has 0 aliphatic carbocycles. The lowest BCUT2D eigenvalue weighted by Gasteiger charge is -2.40. The molecule has 0 radical (unpaired) electrons. The maximum atomic E-state index is 13.2. The van der Waals surface area contributed by atoms with Gasteiger partial charge in [0.1, 0.15) is 88.9 Å². The second-order valence-electron chi connectivity index (χ2n) is 10.3. The number of phenols is 1. The smallest absolute Gasteiger partial charge is 0.229 e. The second-order valence-corrected chi connectivity index (χ2v) is 10.3. The normalized spacial score (nSPS) is 33.0. The summed E-state index contributed by atoms with van der Waals surface area (Å²) < 4.78 is 27.7. The van der Waals surface area contributed by atoms with Crippen molar-refractivity contribution in [2.24, 2.45) is 0 Å². The third kappa shape index (κ3) is 5.56. The second kappa shape index (κ2) is 12.3. The van der Waals surface area contributed by atoms with E-state index in [0.29, 0.717) is 5.56 Å². The van der Waals surface area contributed by atoms with Crippen LogP contribution in [0.5, 0.6) is 17.2 Å². The van der Waals surface area contributed by atoms with Crippen molar-refractivity contribution in [2.45, 2.75) is 61.2 Å². The summed E-state index contributed by atoms with van der Waals surface area (Å²) in [5.41, 5.74) is -0.561. The summed E-state index contributed by atoms with van der Waals surface area (Å²) >= 11 is 0. The first-order valence-corrected chi connectivity index (χ1v) is 13.3. The van der Waals surface area contributed by atoms with Gasteiger partial charge in [0.25, 0.3) is 0 Å². The van der Waals surface area contributed by atoms with Crippen molar-refractivity contribution >= 4 is 11.0 Å². The summed E-state index contributed by atoms with van der Waals surface area (Å²) in [5.74, 6) is -0.459. The average Bonchev–Trinajstić information content (AvgIpc) is 3.00. The zero-order valence-corrected chi connectivity index (χ0v) is 22.6. The Morgan fingerprint density at radius 3 is 2.00 bits per heavy atom. The van der Waals surface area contributed by atoms with Crippen molar-refractivity contribution in [3.8, 4) is 28.6 Å². The predicted octanol–water partition coefficient (Wildman–Crippen LogP) is -2.13. The van der Waals surface area contributed by atoms with Crippen molar-refractivity contribution in [3.63, 3.8) is 0 Å². The van der Waals surface area contributed by atoms with Gasteiger partial charge in [0.2, 0.25) is 6.29 Å². The highest BCUT2D eigenvalue weighted by atomic mass is 16.7. The largest absolute Gasteiger partial charge is 0.506 e. The van der Waals surface area contributed by atoms with Crippen LogP contribution in [0.1, 0.15) is 11.7 Å². The molecule has 0 saturated carbocycles. The molecule has 0 amide bonds. The molecule has 9 N–H and O–H groups in total. The molecule has 0 spiro atoms. The zero-order valence-electron chi connectivity index (χ0n) is 22.6. The molecule has 0 unspecified atom stereocenters. The van der Waals surface area contributed by atoms with Crippen molar-refractivity contribution in [1.82, 2.24) is 0 Å². The fourth-order valence-corrected chi connectivity index (χ4v) is 5.22. The minimum atomic E-state index is -1.75. The van der Waals surface area contributed by atoms with E-state index in [1.54, 1.807) is 0 Å². The number of aliphatic hydroxyl groups is 8. The number of ether oxygens (including phenoxy) is 4. The molecule has 2 aliphatic heterocycles. The van der Waals surface area contributed by atoms with E-state index < -0.39 is 85.6 Å². The van der Waals surface area contributed by atoms with Crippen LogP contribution in [0.25, 0.3) is 22.3 Å². The van der Waals surface area contributed by atoms with Crippen molar-refractivity contribution < 1.29 is 69.3 Å². The number of hydrogen-bond donors (Lipinski definition) is 9. The van der Waals surface area contributed by atoms with Crippen LogP contribution in [-0.4, -0.2) is 121 Å². The van der Waals surface area contributed by atoms with Gasteiger partial charge in [-0.1, -0.05) is 0 Å². The van der Waals surface area contributed by atoms with Gasteiger partial charge < -0.3 is 69.3 Å². The molecule has 2 saturated heterocycles. The van der Waals surface area contributed by atoms with Crippen LogP contribution in [-0.2, 0) is 9.47 Å². The minimum Gasteiger partial charge on any atom is -0.506 e. The number of fused-ring (bicyclic) bond motifs is 1. The summed E-state index contributed by atoms with van der Waals surface area (Å²) in [4.78, 5) is 13.2. The molecule has 2 fully saturated rings. The van der Waals surface area contributed by atoms with Crippen LogP contribution in [0.2, 0.25) is 0 Å². The Labute approximate surface area is 242 Å². The third-order valence-electron chi connectivity index (χ3n) is 7.63. The Bertz CT molecular complexity index is 1490. The van der Waals surface area contributed by atoms with Crippen molar-refractivity contribution in [3.05, 3.63) is 52.2 Å². The van der Waals surface area contributed by atoms with Crippen LogP contribution in [0.3, 0.4) is 0 Å². The van der Waals surface area contributed by atoms with Gasteiger partial charge in [-0.25, -0.2) is 0 Å². The molecule has 234 valence electrons. The Kier molecular flexibility index (Phi) is 8.92. The highest BCUT2D eigenvalue weighted by molar-refractivity contribution is 5.88. The van der Waals surface area contributed by atoms with E-state index in [1.807, 2.05) is 0 Å². The Hall–Kier alpha value is -3.35. The van der Waals surface area contributed by atoms with Gasteiger partial charge in [-0.05, 0) is 24.3 Å². The van der Waals surface area contributed by atoms with Gasteiger partial charge in [0.05, 0.1) is 25.9 Å². The summed E-state index contributed by atoms with van der Waals surface area (Å²) in [5, 5.41) is 90.8. The first kappa shape index (κ1) is 31.1. The van der Waals surface area contributed by atoms with Gasteiger partial charge >= 0.3 is 0 Å². The molecule has 0 bridgehead atoms. The summed E-state index contributed by atoms with van der Waals surface area (Å²) in [7, 11) is 1.25. The maximum Gasteiger partial charge on any atom is 0.229 e. The lowest BCUT2D eigenvalue weighted by atomic mass is 9.89. The van der Waals surface area contributed by atoms with Gasteiger partial charge in [-0.15, -0.1) is 0 Å². The fourth-order valence-electron chi connectivity index (χ4n) is 5.22. The van der Waals surface area contributed by atoms with E-state index in [2.05, 4.69) is 0 Å². The van der Waals surface area contributed by atoms with Gasteiger partial charge in [0, 0.05) is 17.7 Å². The Morgan fingerprint density at radius 1 is 0.791 bits per heavy atom. The molecule has 2 aliphatic rings. The van der Waals surface area contributed by atoms with Crippen LogP contribution in [0.15, 0.2) is 45.6 Å². The molecular formula is C28H32O15. The highest BCUT2D eigenvalue weighted by Crippen LogP contribution is 2.45. The molecule has 2 aromatic carbocycles. The monoisotopic (exact) mass is 608 g/mol. The van der Waals surface area contributed by atoms with Gasteiger partial charge in [0.15, 0.2) is 5.43 Å². The number of benzene rings is 2. The van der Waals surface area contributed by atoms with Gasteiger partial charge in [-0.2, -0.15) is 0 Å². The quantitative estimate of drug-likeness (QED) is 0.139. The van der Waals surface area contributed by atoms with Crippen LogP contribution in [0.4, 0.5) is 0 Å². The lowest BCUT2D eigenvalue weighted by Crippen LogP contribution is -2.60. The van der Waals surface area contributed by atoms with Gasteiger partial charge in [-0.3, -0.25) is 4.79 Å². The first-order chi connectivity index (χ1) is 20.5. The molecule has 3 heterocycles. The average molecular weight is 609 g/mol. The van der Waals surface area contributed by atoms with E-state index in [1.165, 1.54) is 37.4 Å². The molecule has 15 heteroatoms. The van der Waals surface area contributed by atoms with Crippen LogP contribution in [0, 0.1) is 0 Å². The highest BCUT2D eigenvalue weighted by Gasteiger charge is 2.47. The van der Waals surface area contributed by atoms with Crippen LogP contribution >= 0.6 is 0 Å². The molecule has 43 heavy (non-hydrogen) atoms. The fraction of sp³-hybridized carbons (Fsp3) is 0.464. The number of aliphatic hydroxyl groups excluding tert-OH is 8. The third-order valence-corrected chi connectivity index (χ3v) is 7.63. The Morgan fingerprint density at radius 2 is 1.40 bits per heavy atom. The number of rotatable bonds is 7. The molecular weight excluding hydrogens is 576 g/mol. The SMILES string of the molecule is COc1cc2oc(-c3ccc(O[C@H]4O[C@@H](CO)[C@H](O)[C@@H](O)[C@@H]4O)cc3)cc(=O)c2c(O)c1[C@H]1O[C@@H](CO)[C@H](O)[C@@H](O)[C@@H]1O.